The molecule has 0 aromatic rings. The molecule has 0 aromatic carbocycles. The standard InChI is InChI=1S/C8H10F5NO2/c9-7(10)2-1-4-14(5-3-7)16-6(15)8(11,12)13/h1-5H2. The zero-order chi connectivity index (χ0) is 12.4. The van der Waals surface area contributed by atoms with Crippen molar-refractivity contribution >= 4 is 5.97 Å². The van der Waals surface area contributed by atoms with Gasteiger partial charge >= 0.3 is 12.1 Å². The summed E-state index contributed by atoms with van der Waals surface area (Å²) < 4.78 is 61.1. The maximum atomic E-state index is 12.8. The summed E-state index contributed by atoms with van der Waals surface area (Å²) in [5.74, 6) is -5.28. The van der Waals surface area contributed by atoms with Crippen molar-refractivity contribution in [2.45, 2.75) is 31.4 Å². The van der Waals surface area contributed by atoms with Crippen LogP contribution in [0.5, 0.6) is 0 Å². The lowest BCUT2D eigenvalue weighted by molar-refractivity contribution is -0.238. The summed E-state index contributed by atoms with van der Waals surface area (Å²) in [6, 6.07) is 0. The van der Waals surface area contributed by atoms with Gasteiger partial charge in [-0.1, -0.05) is 0 Å². The molecule has 0 bridgehead atoms. The van der Waals surface area contributed by atoms with Crippen LogP contribution >= 0.6 is 0 Å². The summed E-state index contributed by atoms with van der Waals surface area (Å²) >= 11 is 0. The number of hydrogen-bond donors (Lipinski definition) is 0. The molecule has 0 radical (unpaired) electrons. The topological polar surface area (TPSA) is 29.5 Å². The average molecular weight is 247 g/mol. The fourth-order valence-electron chi connectivity index (χ4n) is 1.30. The van der Waals surface area contributed by atoms with E-state index in [-0.39, 0.29) is 13.0 Å². The largest absolute Gasteiger partial charge is 0.492 e. The molecule has 1 heterocycles. The number of carbonyl (C=O) groups is 1. The van der Waals surface area contributed by atoms with E-state index in [1.807, 2.05) is 0 Å². The highest BCUT2D eigenvalue weighted by atomic mass is 19.4. The normalized spacial score (nSPS) is 22.6. The Hall–Kier alpha value is -0.920. The lowest BCUT2D eigenvalue weighted by Gasteiger charge is -2.19. The zero-order valence-corrected chi connectivity index (χ0v) is 8.19. The van der Waals surface area contributed by atoms with E-state index in [2.05, 4.69) is 4.84 Å². The van der Waals surface area contributed by atoms with Crippen molar-refractivity contribution < 1.29 is 31.6 Å². The summed E-state index contributed by atoms with van der Waals surface area (Å²) in [4.78, 5) is 14.4. The Labute approximate surface area is 88.1 Å². The molecule has 94 valence electrons. The van der Waals surface area contributed by atoms with Crippen LogP contribution in [0.4, 0.5) is 22.0 Å². The molecule has 3 nitrogen and oxygen atoms in total. The third-order valence-corrected chi connectivity index (χ3v) is 2.12. The van der Waals surface area contributed by atoms with Crippen LogP contribution in [0, 0.1) is 0 Å². The first kappa shape index (κ1) is 13.1. The molecule has 0 N–H and O–H groups in total. The van der Waals surface area contributed by atoms with E-state index in [4.69, 9.17) is 0 Å². The van der Waals surface area contributed by atoms with Gasteiger partial charge in [0.05, 0.1) is 0 Å². The van der Waals surface area contributed by atoms with Crippen molar-refractivity contribution in [1.29, 1.82) is 0 Å². The van der Waals surface area contributed by atoms with Gasteiger partial charge in [0, 0.05) is 25.9 Å². The van der Waals surface area contributed by atoms with Gasteiger partial charge in [0.2, 0.25) is 5.92 Å². The highest BCUT2D eigenvalue weighted by Crippen LogP contribution is 2.28. The number of nitrogens with zero attached hydrogens (tertiary/aromatic N) is 1. The number of hydrogen-bond acceptors (Lipinski definition) is 3. The lowest BCUT2D eigenvalue weighted by Crippen LogP contribution is -2.35. The second-order valence-corrected chi connectivity index (χ2v) is 3.52. The molecule has 0 unspecified atom stereocenters. The van der Waals surface area contributed by atoms with Crippen molar-refractivity contribution in [3.63, 3.8) is 0 Å². The van der Waals surface area contributed by atoms with Crippen LogP contribution in [0.25, 0.3) is 0 Å². The van der Waals surface area contributed by atoms with Crippen LogP contribution in [0.3, 0.4) is 0 Å². The first-order chi connectivity index (χ1) is 7.21. The smallest absolute Gasteiger partial charge is 0.361 e. The van der Waals surface area contributed by atoms with Crippen molar-refractivity contribution in [3.05, 3.63) is 0 Å². The molecule has 0 atom stereocenters. The SMILES string of the molecule is O=C(ON1CCCC(F)(F)CC1)C(F)(F)F. The van der Waals surface area contributed by atoms with Gasteiger partial charge in [-0.05, 0) is 6.42 Å². The lowest BCUT2D eigenvalue weighted by atomic mass is 10.1. The van der Waals surface area contributed by atoms with E-state index in [1.165, 1.54) is 0 Å². The zero-order valence-electron chi connectivity index (χ0n) is 8.19. The number of halogens is 5. The summed E-state index contributed by atoms with van der Waals surface area (Å²) in [6.45, 7) is -0.508. The fraction of sp³-hybridized carbons (Fsp3) is 0.875. The molecule has 0 spiro atoms. The monoisotopic (exact) mass is 247 g/mol. The van der Waals surface area contributed by atoms with Crippen LogP contribution in [0.1, 0.15) is 19.3 Å². The molecular weight excluding hydrogens is 237 g/mol. The quantitative estimate of drug-likeness (QED) is 0.665. The van der Waals surface area contributed by atoms with E-state index in [0.717, 1.165) is 0 Å². The molecular formula is C8H10F5NO2. The molecule has 8 heteroatoms. The van der Waals surface area contributed by atoms with Crippen molar-refractivity contribution in [1.82, 2.24) is 5.06 Å². The van der Waals surface area contributed by atoms with Gasteiger partial charge in [-0.3, -0.25) is 0 Å². The Morgan fingerprint density at radius 3 is 2.38 bits per heavy atom. The molecule has 1 rings (SSSR count). The van der Waals surface area contributed by atoms with Gasteiger partial charge in [-0.2, -0.15) is 13.2 Å². The van der Waals surface area contributed by atoms with Gasteiger partial charge in [-0.25, -0.2) is 13.6 Å². The molecule has 1 aliphatic rings. The van der Waals surface area contributed by atoms with Crippen molar-refractivity contribution in [2.24, 2.45) is 0 Å². The highest BCUT2D eigenvalue weighted by Gasteiger charge is 2.43. The van der Waals surface area contributed by atoms with Crippen LogP contribution in [0.2, 0.25) is 0 Å². The molecule has 16 heavy (non-hydrogen) atoms. The molecule has 0 aliphatic carbocycles. The Kier molecular flexibility index (Phi) is 3.72. The van der Waals surface area contributed by atoms with Crippen LogP contribution in [-0.4, -0.2) is 36.2 Å². The second-order valence-electron chi connectivity index (χ2n) is 3.52. The van der Waals surface area contributed by atoms with Gasteiger partial charge in [0.25, 0.3) is 0 Å². The summed E-state index contributed by atoms with van der Waals surface area (Å²) in [5, 5.41) is 0.636. The molecule has 1 fully saturated rings. The summed E-state index contributed by atoms with van der Waals surface area (Å²) in [5.41, 5.74) is 0. The van der Waals surface area contributed by atoms with E-state index in [0.29, 0.717) is 5.06 Å². The minimum absolute atomic E-state index is 0.0157. The van der Waals surface area contributed by atoms with E-state index in [9.17, 15) is 26.7 Å². The maximum Gasteiger partial charge on any atom is 0.492 e. The fourth-order valence-corrected chi connectivity index (χ4v) is 1.30. The summed E-state index contributed by atoms with van der Waals surface area (Å²) in [6.07, 6.45) is -6.14. The number of alkyl halides is 5. The Balaban J connectivity index is 2.48. The summed E-state index contributed by atoms with van der Waals surface area (Å²) in [7, 11) is 0. The first-order valence-electron chi connectivity index (χ1n) is 4.63. The second kappa shape index (κ2) is 4.52. The molecule has 0 aromatic heterocycles. The van der Waals surface area contributed by atoms with E-state index in [1.54, 1.807) is 0 Å². The maximum absolute atomic E-state index is 12.8. The van der Waals surface area contributed by atoms with Gasteiger partial charge in [0.15, 0.2) is 0 Å². The predicted octanol–water partition coefficient (Wildman–Crippen LogP) is 2.13. The van der Waals surface area contributed by atoms with Crippen molar-refractivity contribution in [3.8, 4) is 0 Å². The third kappa shape index (κ3) is 3.92. The van der Waals surface area contributed by atoms with Crippen LogP contribution in [-0.2, 0) is 9.63 Å². The van der Waals surface area contributed by atoms with Gasteiger partial charge < -0.3 is 4.84 Å². The first-order valence-corrected chi connectivity index (χ1v) is 4.63. The van der Waals surface area contributed by atoms with Crippen molar-refractivity contribution in [2.75, 3.05) is 13.1 Å². The van der Waals surface area contributed by atoms with Crippen LogP contribution in [0.15, 0.2) is 0 Å². The Morgan fingerprint density at radius 2 is 1.81 bits per heavy atom. The number of carbonyl (C=O) groups excluding carboxylic acids is 1. The van der Waals surface area contributed by atoms with Gasteiger partial charge in [0.1, 0.15) is 0 Å². The van der Waals surface area contributed by atoms with E-state index < -0.39 is 37.5 Å². The third-order valence-electron chi connectivity index (χ3n) is 2.12. The molecule has 1 saturated heterocycles. The molecule has 0 amide bonds. The van der Waals surface area contributed by atoms with Crippen LogP contribution < -0.4 is 0 Å². The van der Waals surface area contributed by atoms with E-state index >= 15 is 0 Å². The molecule has 0 saturated carbocycles. The minimum Gasteiger partial charge on any atom is -0.361 e. The predicted molar refractivity (Wildman–Crippen MR) is 42.5 cm³/mol. The minimum atomic E-state index is -5.10. The Bertz CT molecular complexity index is 266. The Morgan fingerprint density at radius 1 is 1.19 bits per heavy atom. The number of hydroxylamine groups is 2. The average Bonchev–Trinajstić information content (AvgIpc) is 2.26. The highest BCUT2D eigenvalue weighted by molar-refractivity contribution is 5.75. The van der Waals surface area contributed by atoms with Gasteiger partial charge in [-0.15, -0.1) is 5.06 Å². The number of rotatable bonds is 1. The molecule has 1 aliphatic heterocycles.